The maximum absolute atomic E-state index is 12.6. The third-order valence-electron chi connectivity index (χ3n) is 3.72. The van der Waals surface area contributed by atoms with Gasteiger partial charge >= 0.3 is 12.0 Å². The van der Waals surface area contributed by atoms with Gasteiger partial charge in [0.1, 0.15) is 11.6 Å². The number of urea groups is 1. The molecule has 27 heavy (non-hydrogen) atoms. The first kappa shape index (κ1) is 21.0. The van der Waals surface area contributed by atoms with E-state index in [4.69, 9.17) is 4.74 Å². The fourth-order valence-corrected chi connectivity index (χ4v) is 2.98. The predicted molar refractivity (Wildman–Crippen MR) is 111 cm³/mol. The lowest BCUT2D eigenvalue weighted by atomic mass is 10.1. The number of esters is 1. The Morgan fingerprint density at radius 1 is 1.11 bits per heavy atom. The van der Waals surface area contributed by atoms with Crippen LogP contribution in [-0.2, 0) is 16.0 Å². The van der Waals surface area contributed by atoms with Gasteiger partial charge in [-0.1, -0.05) is 46.3 Å². The number of hydrogen-bond acceptors (Lipinski definition) is 3. The Bertz CT molecular complexity index is 801. The van der Waals surface area contributed by atoms with Gasteiger partial charge in [0, 0.05) is 16.6 Å². The van der Waals surface area contributed by atoms with Crippen molar-refractivity contribution in [1.82, 2.24) is 5.32 Å². The van der Waals surface area contributed by atoms with Crippen LogP contribution in [0.4, 0.5) is 10.5 Å². The molecule has 2 amide bonds. The fourth-order valence-electron chi connectivity index (χ4n) is 2.50. The van der Waals surface area contributed by atoms with Gasteiger partial charge < -0.3 is 15.4 Å². The smallest absolute Gasteiger partial charge is 0.329 e. The number of nitrogens with one attached hydrogen (secondary N) is 2. The Kier molecular flexibility index (Phi) is 7.02. The molecule has 0 aliphatic carbocycles. The molecule has 5 nitrogen and oxygen atoms in total. The number of amides is 2. The minimum Gasteiger partial charge on any atom is -0.458 e. The first-order chi connectivity index (χ1) is 12.6. The van der Waals surface area contributed by atoms with E-state index in [2.05, 4.69) is 26.6 Å². The molecular weight excluding hydrogens is 408 g/mol. The number of carbonyl (C=O) groups excluding carboxylic acids is 2. The fraction of sp³-hybridized carbons (Fsp3) is 0.333. The summed E-state index contributed by atoms with van der Waals surface area (Å²) in [6.07, 6.45) is 0.350. The highest BCUT2D eigenvalue weighted by Crippen LogP contribution is 2.20. The Morgan fingerprint density at radius 3 is 2.37 bits per heavy atom. The molecule has 0 aromatic heterocycles. The van der Waals surface area contributed by atoms with Crippen molar-refractivity contribution in [3.8, 4) is 0 Å². The largest absolute Gasteiger partial charge is 0.458 e. The van der Waals surface area contributed by atoms with Crippen molar-refractivity contribution in [1.29, 1.82) is 0 Å². The summed E-state index contributed by atoms with van der Waals surface area (Å²) >= 11 is 3.40. The lowest BCUT2D eigenvalue weighted by molar-refractivity contribution is -0.157. The van der Waals surface area contributed by atoms with Gasteiger partial charge in [0.25, 0.3) is 0 Å². The quantitative estimate of drug-likeness (QED) is 0.664. The molecule has 0 unspecified atom stereocenters. The number of halogens is 1. The predicted octanol–water partition coefficient (Wildman–Crippen LogP) is 4.83. The molecule has 6 heteroatoms. The zero-order chi connectivity index (χ0) is 20.0. The maximum Gasteiger partial charge on any atom is 0.329 e. The monoisotopic (exact) mass is 432 g/mol. The van der Waals surface area contributed by atoms with Crippen LogP contribution in [0.5, 0.6) is 0 Å². The first-order valence-electron chi connectivity index (χ1n) is 8.74. The molecular formula is C21H25BrN2O3. The summed E-state index contributed by atoms with van der Waals surface area (Å²) in [5.74, 6) is -0.464. The third kappa shape index (κ3) is 7.06. The van der Waals surface area contributed by atoms with Crippen LogP contribution in [-0.4, -0.2) is 23.6 Å². The zero-order valence-corrected chi connectivity index (χ0v) is 17.6. The molecule has 0 fully saturated rings. The van der Waals surface area contributed by atoms with Gasteiger partial charge in [-0.2, -0.15) is 0 Å². The van der Waals surface area contributed by atoms with E-state index in [-0.39, 0.29) is 0 Å². The van der Waals surface area contributed by atoms with Crippen LogP contribution in [0.3, 0.4) is 0 Å². The minimum absolute atomic E-state index is 0.350. The topological polar surface area (TPSA) is 67.4 Å². The summed E-state index contributed by atoms with van der Waals surface area (Å²) in [4.78, 5) is 25.1. The van der Waals surface area contributed by atoms with Crippen LogP contribution in [0.2, 0.25) is 0 Å². The number of rotatable bonds is 5. The maximum atomic E-state index is 12.6. The summed E-state index contributed by atoms with van der Waals surface area (Å²) in [6, 6.07) is 13.8. The number of ether oxygens (including phenoxy) is 1. The molecule has 0 heterocycles. The SMILES string of the molecule is Cc1cc(Br)ccc1NC(=O)N[C@@H](Cc1ccccc1)C(=O)OC(C)(C)C. The van der Waals surface area contributed by atoms with E-state index in [1.54, 1.807) is 26.8 Å². The molecule has 2 rings (SSSR count). The number of hydrogen-bond donors (Lipinski definition) is 2. The van der Waals surface area contributed by atoms with Crippen LogP contribution >= 0.6 is 15.9 Å². The zero-order valence-electron chi connectivity index (χ0n) is 16.0. The Morgan fingerprint density at radius 2 is 1.78 bits per heavy atom. The third-order valence-corrected chi connectivity index (χ3v) is 4.21. The van der Waals surface area contributed by atoms with Gasteiger partial charge in [0.2, 0.25) is 0 Å². The summed E-state index contributed by atoms with van der Waals surface area (Å²) in [5.41, 5.74) is 1.90. The molecule has 0 bridgehead atoms. The van der Waals surface area contributed by atoms with E-state index in [0.29, 0.717) is 12.1 Å². The van der Waals surface area contributed by atoms with Crippen molar-refractivity contribution < 1.29 is 14.3 Å². The van der Waals surface area contributed by atoms with Crippen LogP contribution in [0.15, 0.2) is 53.0 Å². The van der Waals surface area contributed by atoms with E-state index < -0.39 is 23.6 Å². The molecule has 0 aliphatic rings. The summed E-state index contributed by atoms with van der Waals surface area (Å²) in [5, 5.41) is 5.53. The summed E-state index contributed by atoms with van der Waals surface area (Å²) in [7, 11) is 0. The molecule has 0 saturated heterocycles. The van der Waals surface area contributed by atoms with Crippen molar-refractivity contribution in [3.63, 3.8) is 0 Å². The lowest BCUT2D eigenvalue weighted by Gasteiger charge is -2.25. The van der Waals surface area contributed by atoms with E-state index in [1.807, 2.05) is 49.4 Å². The molecule has 2 N–H and O–H groups in total. The molecule has 2 aromatic carbocycles. The van der Waals surface area contributed by atoms with Crippen LogP contribution < -0.4 is 10.6 Å². The van der Waals surface area contributed by atoms with Crippen molar-refractivity contribution in [2.24, 2.45) is 0 Å². The van der Waals surface area contributed by atoms with Crippen LogP contribution in [0.25, 0.3) is 0 Å². The first-order valence-corrected chi connectivity index (χ1v) is 9.54. The average Bonchev–Trinajstić information content (AvgIpc) is 2.56. The van der Waals surface area contributed by atoms with Gasteiger partial charge in [-0.05, 0) is 57.0 Å². The molecule has 0 aliphatic heterocycles. The number of benzene rings is 2. The van der Waals surface area contributed by atoms with Crippen molar-refractivity contribution in [2.45, 2.75) is 45.8 Å². The van der Waals surface area contributed by atoms with Crippen molar-refractivity contribution in [3.05, 3.63) is 64.1 Å². The average molecular weight is 433 g/mol. The van der Waals surface area contributed by atoms with Crippen molar-refractivity contribution >= 4 is 33.6 Å². The highest BCUT2D eigenvalue weighted by Gasteiger charge is 2.27. The minimum atomic E-state index is -0.789. The molecule has 144 valence electrons. The van der Waals surface area contributed by atoms with Crippen LogP contribution in [0.1, 0.15) is 31.9 Å². The van der Waals surface area contributed by atoms with Gasteiger partial charge in [-0.25, -0.2) is 9.59 Å². The second-order valence-corrected chi connectivity index (χ2v) is 8.25. The molecule has 0 radical (unpaired) electrons. The van der Waals surface area contributed by atoms with Gasteiger partial charge in [-0.15, -0.1) is 0 Å². The number of aryl methyl sites for hydroxylation is 1. The number of carbonyl (C=O) groups is 2. The standard InChI is InChI=1S/C21H25BrN2O3/c1-14-12-16(22)10-11-17(14)23-20(26)24-18(19(25)27-21(2,3)4)13-15-8-6-5-7-9-15/h5-12,18H,13H2,1-4H3,(H2,23,24,26)/t18-/m0/s1. The molecule has 0 spiro atoms. The van der Waals surface area contributed by atoms with E-state index in [9.17, 15) is 9.59 Å². The summed E-state index contributed by atoms with van der Waals surface area (Å²) < 4.78 is 6.41. The highest BCUT2D eigenvalue weighted by molar-refractivity contribution is 9.10. The highest BCUT2D eigenvalue weighted by atomic mass is 79.9. The van der Waals surface area contributed by atoms with Gasteiger partial charge in [0.05, 0.1) is 0 Å². The molecule has 2 aromatic rings. The lowest BCUT2D eigenvalue weighted by Crippen LogP contribution is -2.47. The Hall–Kier alpha value is -2.34. The Balaban J connectivity index is 2.12. The summed E-state index contributed by atoms with van der Waals surface area (Å²) in [6.45, 7) is 7.30. The van der Waals surface area contributed by atoms with Crippen molar-refractivity contribution in [2.75, 3.05) is 5.32 Å². The van der Waals surface area contributed by atoms with Crippen LogP contribution in [0, 0.1) is 6.92 Å². The van der Waals surface area contributed by atoms with E-state index in [1.165, 1.54) is 0 Å². The van der Waals surface area contributed by atoms with Gasteiger partial charge in [0.15, 0.2) is 0 Å². The normalized spacial score (nSPS) is 12.2. The Labute approximate surface area is 168 Å². The second-order valence-electron chi connectivity index (χ2n) is 7.33. The van der Waals surface area contributed by atoms with Gasteiger partial charge in [-0.3, -0.25) is 0 Å². The van der Waals surface area contributed by atoms with E-state index in [0.717, 1.165) is 15.6 Å². The molecule has 0 saturated carbocycles. The van der Waals surface area contributed by atoms with E-state index >= 15 is 0 Å². The second kappa shape index (κ2) is 9.04. The molecule has 1 atom stereocenters. The number of anilines is 1.